The van der Waals surface area contributed by atoms with E-state index in [2.05, 4.69) is 0 Å². The Bertz CT molecular complexity index is 646. The van der Waals surface area contributed by atoms with Crippen molar-refractivity contribution in [3.63, 3.8) is 0 Å². The number of halogens is 2. The quantitative estimate of drug-likeness (QED) is 0.479. The van der Waals surface area contributed by atoms with Crippen molar-refractivity contribution in [1.29, 1.82) is 0 Å². The molecule has 0 fully saturated rings. The van der Waals surface area contributed by atoms with Gasteiger partial charge in [0.1, 0.15) is 11.5 Å². The van der Waals surface area contributed by atoms with Crippen molar-refractivity contribution in [3.8, 4) is 5.75 Å². The summed E-state index contributed by atoms with van der Waals surface area (Å²) in [5.74, 6) is -0.636. The molecule has 20 heavy (non-hydrogen) atoms. The van der Waals surface area contributed by atoms with Gasteiger partial charge in [-0.2, -0.15) is 0 Å². The molecule has 0 saturated heterocycles. The molecule has 0 radical (unpaired) electrons. The largest absolute Gasteiger partial charge is 0.424 e. The number of nitrogens with zero attached hydrogens (tertiary/aromatic N) is 1. The molecule has 0 unspecified atom stereocenters. The van der Waals surface area contributed by atoms with Gasteiger partial charge < -0.3 is 4.74 Å². The highest BCUT2D eigenvalue weighted by Crippen LogP contribution is 2.37. The monoisotopic (exact) mass is 293 g/mol. The zero-order chi connectivity index (χ0) is 14.7. The van der Waals surface area contributed by atoms with Gasteiger partial charge in [-0.05, 0) is 36.8 Å². The van der Waals surface area contributed by atoms with E-state index in [1.165, 1.54) is 13.0 Å². The molecule has 2 aromatic rings. The Labute approximate surface area is 121 Å². The first-order valence-electron chi connectivity index (χ1n) is 5.98. The van der Waals surface area contributed by atoms with Crippen LogP contribution < -0.4 is 9.16 Å². The number of carbonyl (C=O) groups excluding carboxylic acids is 1. The topological polar surface area (TPSA) is 29.5 Å². The molecular weight excluding hydrogens is 281 g/mol. The molecule has 5 heteroatoms. The summed E-state index contributed by atoms with van der Waals surface area (Å²) in [5.41, 5.74) is 1.49. The highest BCUT2D eigenvalue weighted by molar-refractivity contribution is 6.30. The predicted molar refractivity (Wildman–Crippen MR) is 76.9 cm³/mol. The highest BCUT2D eigenvalue weighted by atomic mass is 35.5. The summed E-state index contributed by atoms with van der Waals surface area (Å²) < 4.78 is 20.0. The van der Waals surface area contributed by atoms with Crippen molar-refractivity contribution >= 4 is 29.1 Å². The molecule has 2 aromatic carbocycles. The lowest BCUT2D eigenvalue weighted by Crippen LogP contribution is -2.09. The smallest absolute Gasteiger partial charge is 0.308 e. The maximum Gasteiger partial charge on any atom is 0.308 e. The van der Waals surface area contributed by atoms with E-state index < -0.39 is 11.8 Å². The van der Waals surface area contributed by atoms with Crippen molar-refractivity contribution in [2.45, 2.75) is 13.8 Å². The number of esters is 1. The third-order valence-electron chi connectivity index (χ3n) is 2.64. The average molecular weight is 294 g/mol. The molecule has 2 rings (SSSR count). The van der Waals surface area contributed by atoms with Crippen LogP contribution >= 0.6 is 11.8 Å². The molecule has 0 amide bonds. The molecular formula is C15H13ClFNO2. The van der Waals surface area contributed by atoms with E-state index >= 15 is 0 Å². The fourth-order valence-electron chi connectivity index (χ4n) is 1.76. The van der Waals surface area contributed by atoms with Gasteiger partial charge in [-0.15, -0.1) is 0 Å². The van der Waals surface area contributed by atoms with Crippen LogP contribution in [-0.2, 0) is 4.79 Å². The van der Waals surface area contributed by atoms with Crippen molar-refractivity contribution in [1.82, 2.24) is 0 Å². The first-order chi connectivity index (χ1) is 9.49. The van der Waals surface area contributed by atoms with Gasteiger partial charge in [0.25, 0.3) is 0 Å². The van der Waals surface area contributed by atoms with Gasteiger partial charge in [-0.3, -0.25) is 4.79 Å². The maximum atomic E-state index is 13.8. The van der Waals surface area contributed by atoms with Crippen LogP contribution in [0.1, 0.15) is 12.5 Å². The summed E-state index contributed by atoms with van der Waals surface area (Å²) >= 11 is 6.18. The summed E-state index contributed by atoms with van der Waals surface area (Å²) in [6, 6.07) is 11.3. The Morgan fingerprint density at radius 1 is 1.20 bits per heavy atom. The van der Waals surface area contributed by atoms with Crippen LogP contribution in [0.5, 0.6) is 5.75 Å². The number of hydrogen-bond donors (Lipinski definition) is 0. The van der Waals surface area contributed by atoms with Crippen LogP contribution in [-0.4, -0.2) is 5.97 Å². The van der Waals surface area contributed by atoms with E-state index in [0.717, 1.165) is 9.98 Å². The number of aryl methyl sites for hydroxylation is 1. The van der Waals surface area contributed by atoms with Crippen LogP contribution in [0.2, 0.25) is 0 Å². The molecule has 0 aliphatic heterocycles. The zero-order valence-corrected chi connectivity index (χ0v) is 11.8. The van der Waals surface area contributed by atoms with Crippen molar-refractivity contribution in [3.05, 3.63) is 53.8 Å². The van der Waals surface area contributed by atoms with Crippen LogP contribution in [0.4, 0.5) is 15.8 Å². The fraction of sp³-hybridized carbons (Fsp3) is 0.133. The van der Waals surface area contributed by atoms with Crippen molar-refractivity contribution < 1.29 is 13.9 Å². The van der Waals surface area contributed by atoms with Crippen LogP contribution in [0.3, 0.4) is 0 Å². The standard InChI is InChI=1S/C15H13ClFNO2/c1-10-7-8-14(15(9-10)20-11(2)19)18(16)13-6-4-3-5-12(13)17/h3-9H,1-2H3. The number of ether oxygens (including phenoxy) is 1. The molecule has 0 aliphatic rings. The summed E-state index contributed by atoms with van der Waals surface area (Å²) in [4.78, 5) is 11.1. The Balaban J connectivity index is 2.46. The predicted octanol–water partition coefficient (Wildman–Crippen LogP) is 4.35. The van der Waals surface area contributed by atoms with Gasteiger partial charge in [0.05, 0.1) is 5.69 Å². The molecule has 0 atom stereocenters. The van der Waals surface area contributed by atoms with Gasteiger partial charge in [0, 0.05) is 18.7 Å². The zero-order valence-electron chi connectivity index (χ0n) is 11.1. The summed E-state index contributed by atoms with van der Waals surface area (Å²) in [7, 11) is 0. The van der Waals surface area contributed by atoms with Gasteiger partial charge in [-0.1, -0.05) is 18.2 Å². The third-order valence-corrected chi connectivity index (χ3v) is 3.01. The van der Waals surface area contributed by atoms with E-state index in [0.29, 0.717) is 5.69 Å². The maximum absolute atomic E-state index is 13.8. The van der Waals surface area contributed by atoms with Crippen molar-refractivity contribution in [2.24, 2.45) is 0 Å². The SMILES string of the molecule is CC(=O)Oc1cc(C)ccc1N(Cl)c1ccccc1F. The van der Waals surface area contributed by atoms with Crippen molar-refractivity contribution in [2.75, 3.05) is 4.42 Å². The molecule has 0 spiro atoms. The lowest BCUT2D eigenvalue weighted by Gasteiger charge is -2.19. The highest BCUT2D eigenvalue weighted by Gasteiger charge is 2.16. The third kappa shape index (κ3) is 3.08. The first kappa shape index (κ1) is 14.3. The summed E-state index contributed by atoms with van der Waals surface area (Å²) in [5, 5.41) is 0. The van der Waals surface area contributed by atoms with Crippen LogP contribution in [0.15, 0.2) is 42.5 Å². The minimum absolute atomic E-state index is 0.187. The van der Waals surface area contributed by atoms with E-state index in [4.69, 9.17) is 16.5 Å². The fourth-order valence-corrected chi connectivity index (χ4v) is 2.04. The minimum Gasteiger partial charge on any atom is -0.424 e. The summed E-state index contributed by atoms with van der Waals surface area (Å²) in [6.07, 6.45) is 0. The van der Waals surface area contributed by atoms with Crippen LogP contribution in [0, 0.1) is 12.7 Å². The number of benzene rings is 2. The second kappa shape index (κ2) is 5.92. The van der Waals surface area contributed by atoms with Gasteiger partial charge in [0.15, 0.2) is 5.75 Å². The molecule has 0 bridgehead atoms. The van der Waals surface area contributed by atoms with Gasteiger partial charge in [0.2, 0.25) is 0 Å². The second-order valence-electron chi connectivity index (χ2n) is 4.30. The number of para-hydroxylation sites is 1. The average Bonchev–Trinajstić information content (AvgIpc) is 2.38. The number of rotatable bonds is 3. The Kier molecular flexibility index (Phi) is 4.25. The molecule has 104 valence electrons. The van der Waals surface area contributed by atoms with E-state index in [1.54, 1.807) is 36.4 Å². The Hall–Kier alpha value is -2.07. The van der Waals surface area contributed by atoms with E-state index in [-0.39, 0.29) is 11.4 Å². The van der Waals surface area contributed by atoms with Gasteiger partial charge in [-0.25, -0.2) is 8.81 Å². The molecule has 3 nitrogen and oxygen atoms in total. The molecule has 0 N–H and O–H groups in total. The Morgan fingerprint density at radius 2 is 1.90 bits per heavy atom. The second-order valence-corrected chi connectivity index (χ2v) is 4.64. The first-order valence-corrected chi connectivity index (χ1v) is 6.32. The number of hydrogen-bond acceptors (Lipinski definition) is 3. The van der Waals surface area contributed by atoms with Crippen LogP contribution in [0.25, 0.3) is 0 Å². The lowest BCUT2D eigenvalue weighted by atomic mass is 10.2. The number of carbonyl (C=O) groups is 1. The lowest BCUT2D eigenvalue weighted by molar-refractivity contribution is -0.131. The van der Waals surface area contributed by atoms with E-state index in [9.17, 15) is 9.18 Å². The normalized spacial score (nSPS) is 10.2. The molecule has 0 aliphatic carbocycles. The summed E-state index contributed by atoms with van der Waals surface area (Å²) in [6.45, 7) is 3.16. The number of anilines is 2. The molecule has 0 saturated carbocycles. The Morgan fingerprint density at radius 3 is 2.55 bits per heavy atom. The molecule has 0 aromatic heterocycles. The van der Waals surface area contributed by atoms with Gasteiger partial charge >= 0.3 is 5.97 Å². The van der Waals surface area contributed by atoms with E-state index in [1.807, 2.05) is 6.92 Å². The molecule has 0 heterocycles. The minimum atomic E-state index is -0.463.